The van der Waals surface area contributed by atoms with Gasteiger partial charge in [0.1, 0.15) is 17.1 Å². The van der Waals surface area contributed by atoms with Crippen LogP contribution >= 0.6 is 11.6 Å². The average molecular weight is 408 g/mol. The summed E-state index contributed by atoms with van der Waals surface area (Å²) in [4.78, 5) is 13.8. The fourth-order valence-electron chi connectivity index (χ4n) is 3.10. The van der Waals surface area contributed by atoms with Crippen LogP contribution in [0.3, 0.4) is 0 Å². The largest absolute Gasteiger partial charge is 0.381 e. The number of hydrogen-bond acceptors (Lipinski definition) is 6. The van der Waals surface area contributed by atoms with E-state index in [4.69, 9.17) is 22.3 Å². The molecule has 3 aromatic heterocycles. The second kappa shape index (κ2) is 7.00. The molecule has 148 valence electrons. The Morgan fingerprint density at radius 3 is 2.59 bits per heavy atom. The van der Waals surface area contributed by atoms with Crippen LogP contribution in [0.15, 0.2) is 42.7 Å². The molecule has 0 bridgehead atoms. The van der Waals surface area contributed by atoms with Crippen LogP contribution in [-0.4, -0.2) is 30.3 Å². The van der Waals surface area contributed by atoms with E-state index in [1.165, 1.54) is 0 Å². The second-order valence-corrected chi connectivity index (χ2v) is 8.34. The van der Waals surface area contributed by atoms with Crippen molar-refractivity contribution in [3.8, 4) is 22.6 Å². The third kappa shape index (κ3) is 3.86. The zero-order valence-corrected chi connectivity index (χ0v) is 17.5. The SMILES string of the molecule is Cn1ccc(-c2nc(N)c(NC(C)(C)C)nc2-c2cc(Cl)c3ncccc3c2)n1. The molecule has 4 rings (SSSR count). The Morgan fingerprint density at radius 1 is 1.10 bits per heavy atom. The van der Waals surface area contributed by atoms with Crippen molar-refractivity contribution in [2.45, 2.75) is 26.3 Å². The zero-order valence-electron chi connectivity index (χ0n) is 16.7. The summed E-state index contributed by atoms with van der Waals surface area (Å²) in [6, 6.07) is 9.58. The number of fused-ring (bicyclic) bond motifs is 1. The number of nitrogens with one attached hydrogen (secondary N) is 1. The number of benzene rings is 1. The summed E-state index contributed by atoms with van der Waals surface area (Å²) in [6.45, 7) is 6.12. The Bertz CT molecular complexity index is 1210. The maximum Gasteiger partial charge on any atom is 0.169 e. The lowest BCUT2D eigenvalue weighted by Crippen LogP contribution is -2.27. The van der Waals surface area contributed by atoms with Crippen molar-refractivity contribution in [2.75, 3.05) is 11.1 Å². The number of nitrogens with two attached hydrogens (primary N) is 1. The first-order valence-electron chi connectivity index (χ1n) is 9.21. The van der Waals surface area contributed by atoms with Gasteiger partial charge in [0.05, 0.1) is 10.5 Å². The van der Waals surface area contributed by atoms with Crippen molar-refractivity contribution >= 4 is 34.1 Å². The van der Waals surface area contributed by atoms with Gasteiger partial charge >= 0.3 is 0 Å². The standard InChI is InChI=1S/C21H22ClN7/c1-21(2,3)27-20-19(23)25-18(15-7-9-29(4)28-15)17(26-20)13-10-12-6-5-8-24-16(12)14(22)11-13/h5-11H,1-4H3,(H2,23,25)(H,26,27). The minimum absolute atomic E-state index is 0.225. The van der Waals surface area contributed by atoms with Gasteiger partial charge in [-0.25, -0.2) is 9.97 Å². The molecule has 3 heterocycles. The highest BCUT2D eigenvalue weighted by Crippen LogP contribution is 2.35. The third-order valence-corrected chi connectivity index (χ3v) is 4.59. The number of hydrogen-bond donors (Lipinski definition) is 2. The van der Waals surface area contributed by atoms with Crippen LogP contribution in [0.2, 0.25) is 5.02 Å². The Morgan fingerprint density at radius 2 is 1.90 bits per heavy atom. The molecule has 0 unspecified atom stereocenters. The first kappa shape index (κ1) is 19.1. The molecular weight excluding hydrogens is 386 g/mol. The highest BCUT2D eigenvalue weighted by molar-refractivity contribution is 6.35. The number of nitrogens with zero attached hydrogens (tertiary/aromatic N) is 5. The van der Waals surface area contributed by atoms with Gasteiger partial charge in [0.15, 0.2) is 11.6 Å². The molecule has 8 heteroatoms. The van der Waals surface area contributed by atoms with Gasteiger partial charge in [0.25, 0.3) is 0 Å². The molecule has 0 atom stereocenters. The fraction of sp³-hybridized carbons (Fsp3) is 0.238. The Hall–Kier alpha value is -3.19. The number of anilines is 2. The molecule has 0 aliphatic heterocycles. The molecule has 7 nitrogen and oxygen atoms in total. The molecular formula is C21H22ClN7. The molecule has 0 fully saturated rings. The smallest absolute Gasteiger partial charge is 0.169 e. The van der Waals surface area contributed by atoms with E-state index in [0.29, 0.717) is 33.7 Å². The van der Waals surface area contributed by atoms with Crippen LogP contribution in [0.4, 0.5) is 11.6 Å². The van der Waals surface area contributed by atoms with Gasteiger partial charge < -0.3 is 11.1 Å². The van der Waals surface area contributed by atoms with E-state index in [1.54, 1.807) is 10.9 Å². The van der Waals surface area contributed by atoms with Gasteiger partial charge in [-0.3, -0.25) is 9.67 Å². The van der Waals surface area contributed by atoms with Gasteiger partial charge in [-0.1, -0.05) is 17.7 Å². The predicted octanol–water partition coefficient (Wildman–Crippen LogP) is 4.54. The van der Waals surface area contributed by atoms with Gasteiger partial charge in [-0.15, -0.1) is 0 Å². The van der Waals surface area contributed by atoms with Crippen molar-refractivity contribution < 1.29 is 0 Å². The lowest BCUT2D eigenvalue weighted by atomic mass is 10.0. The topological polar surface area (TPSA) is 94.5 Å². The summed E-state index contributed by atoms with van der Waals surface area (Å²) in [5, 5.41) is 9.29. The average Bonchev–Trinajstić information content (AvgIpc) is 3.08. The first-order valence-corrected chi connectivity index (χ1v) is 9.59. The number of rotatable bonds is 3. The van der Waals surface area contributed by atoms with Crippen molar-refractivity contribution in [1.29, 1.82) is 0 Å². The summed E-state index contributed by atoms with van der Waals surface area (Å²) in [7, 11) is 1.86. The number of pyridine rings is 1. The van der Waals surface area contributed by atoms with Crippen LogP contribution in [0, 0.1) is 0 Å². The van der Waals surface area contributed by atoms with Crippen LogP contribution in [0.1, 0.15) is 20.8 Å². The van der Waals surface area contributed by atoms with E-state index in [0.717, 1.165) is 16.5 Å². The van der Waals surface area contributed by atoms with E-state index in [1.807, 2.05) is 64.3 Å². The second-order valence-electron chi connectivity index (χ2n) is 7.94. The Balaban J connectivity index is 1.98. The predicted molar refractivity (Wildman–Crippen MR) is 118 cm³/mol. The molecule has 0 aliphatic carbocycles. The van der Waals surface area contributed by atoms with Gasteiger partial charge in [-0.2, -0.15) is 5.10 Å². The van der Waals surface area contributed by atoms with Crippen molar-refractivity contribution in [3.63, 3.8) is 0 Å². The van der Waals surface area contributed by atoms with Crippen LogP contribution < -0.4 is 11.1 Å². The Labute approximate surface area is 174 Å². The Kier molecular flexibility index (Phi) is 4.62. The maximum atomic E-state index is 6.52. The summed E-state index contributed by atoms with van der Waals surface area (Å²) in [5.74, 6) is 0.840. The molecule has 3 N–H and O–H groups in total. The molecule has 0 aliphatic rings. The van der Waals surface area contributed by atoms with E-state index in [2.05, 4.69) is 20.4 Å². The monoisotopic (exact) mass is 407 g/mol. The van der Waals surface area contributed by atoms with E-state index in [-0.39, 0.29) is 5.54 Å². The molecule has 4 aromatic rings. The maximum absolute atomic E-state index is 6.52. The molecule has 1 aromatic carbocycles. The molecule has 0 saturated heterocycles. The lowest BCUT2D eigenvalue weighted by Gasteiger charge is -2.23. The first-order chi connectivity index (χ1) is 13.7. The van der Waals surface area contributed by atoms with Gasteiger partial charge in [0.2, 0.25) is 0 Å². The quantitative estimate of drug-likeness (QED) is 0.517. The molecule has 0 saturated carbocycles. The minimum atomic E-state index is -0.225. The molecule has 29 heavy (non-hydrogen) atoms. The van der Waals surface area contributed by atoms with Crippen molar-refractivity contribution in [3.05, 3.63) is 47.7 Å². The van der Waals surface area contributed by atoms with Gasteiger partial charge in [-0.05, 0) is 45.0 Å². The van der Waals surface area contributed by atoms with Crippen molar-refractivity contribution in [2.24, 2.45) is 7.05 Å². The summed E-state index contributed by atoms with van der Waals surface area (Å²) in [6.07, 6.45) is 3.58. The highest BCUT2D eigenvalue weighted by atomic mass is 35.5. The van der Waals surface area contributed by atoms with Crippen LogP contribution in [0.5, 0.6) is 0 Å². The third-order valence-electron chi connectivity index (χ3n) is 4.30. The molecule has 0 spiro atoms. The zero-order chi connectivity index (χ0) is 20.8. The van der Waals surface area contributed by atoms with E-state index in [9.17, 15) is 0 Å². The number of aryl methyl sites for hydroxylation is 1. The number of nitrogen functional groups attached to an aromatic ring is 1. The van der Waals surface area contributed by atoms with Crippen LogP contribution in [0.25, 0.3) is 33.5 Å². The van der Waals surface area contributed by atoms with Crippen LogP contribution in [-0.2, 0) is 7.05 Å². The highest BCUT2D eigenvalue weighted by Gasteiger charge is 2.21. The lowest BCUT2D eigenvalue weighted by molar-refractivity contribution is 0.630. The van der Waals surface area contributed by atoms with E-state index >= 15 is 0 Å². The minimum Gasteiger partial charge on any atom is -0.381 e. The summed E-state index contributed by atoms with van der Waals surface area (Å²) < 4.78 is 1.72. The molecule has 0 radical (unpaired) electrons. The fourth-order valence-corrected chi connectivity index (χ4v) is 3.38. The number of aromatic nitrogens is 5. The summed E-state index contributed by atoms with van der Waals surface area (Å²) in [5.41, 5.74) is 9.51. The molecule has 0 amide bonds. The van der Waals surface area contributed by atoms with Crippen molar-refractivity contribution in [1.82, 2.24) is 24.7 Å². The summed E-state index contributed by atoms with van der Waals surface area (Å²) >= 11 is 6.52. The van der Waals surface area contributed by atoms with E-state index < -0.39 is 0 Å². The number of halogens is 1. The normalized spacial score (nSPS) is 11.8. The van der Waals surface area contributed by atoms with Gasteiger partial charge in [0, 0.05) is 35.9 Å².